The van der Waals surface area contributed by atoms with Gasteiger partial charge in [0.15, 0.2) is 0 Å². The number of rotatable bonds is 5. The van der Waals surface area contributed by atoms with Crippen molar-refractivity contribution in [1.82, 2.24) is 0 Å². The molecule has 0 unspecified atom stereocenters. The van der Waals surface area contributed by atoms with Gasteiger partial charge in [-0.15, -0.1) is 0 Å². The van der Waals surface area contributed by atoms with Gasteiger partial charge < -0.3 is 9.32 Å². The second-order valence-electron chi connectivity index (χ2n) is 14.4. The highest BCUT2D eigenvalue weighted by atomic mass is 16.3. The molecule has 0 radical (unpaired) electrons. The van der Waals surface area contributed by atoms with Crippen LogP contribution in [0, 0.1) is 0 Å². The van der Waals surface area contributed by atoms with Gasteiger partial charge in [0.25, 0.3) is 0 Å². The van der Waals surface area contributed by atoms with Crippen LogP contribution in [0.5, 0.6) is 0 Å². The first kappa shape index (κ1) is 29.8. The molecule has 0 amide bonds. The Bertz CT molecular complexity index is 2710. The van der Waals surface area contributed by atoms with Crippen LogP contribution >= 0.6 is 0 Å². The molecule has 7 aromatic carbocycles. The largest absolute Gasteiger partial charge is 0.455 e. The first-order chi connectivity index (χ1) is 25.1. The van der Waals surface area contributed by atoms with E-state index in [-0.39, 0.29) is 5.41 Å². The van der Waals surface area contributed by atoms with E-state index >= 15 is 0 Å². The van der Waals surface area contributed by atoms with Crippen LogP contribution in [0.2, 0.25) is 0 Å². The quantitative estimate of drug-likeness (QED) is 0.183. The lowest BCUT2D eigenvalue weighted by Crippen LogP contribution is -2.20. The predicted molar refractivity (Wildman–Crippen MR) is 215 cm³/mol. The van der Waals surface area contributed by atoms with Gasteiger partial charge in [-0.05, 0) is 99.0 Å². The Morgan fingerprint density at radius 2 is 1.20 bits per heavy atom. The summed E-state index contributed by atoms with van der Waals surface area (Å²) in [5.41, 5.74) is 15.8. The molecule has 0 aliphatic heterocycles. The molecule has 2 aliphatic carbocycles. The molecule has 10 rings (SSSR count). The highest BCUT2D eigenvalue weighted by Crippen LogP contribution is 2.51. The Balaban J connectivity index is 1.09. The van der Waals surface area contributed by atoms with Gasteiger partial charge in [0.1, 0.15) is 11.2 Å². The number of fused-ring (bicyclic) bond motifs is 8. The molecule has 0 atom stereocenters. The van der Waals surface area contributed by atoms with Crippen molar-refractivity contribution in [3.8, 4) is 22.3 Å². The monoisotopic (exact) mass is 655 g/mol. The molecule has 2 nitrogen and oxygen atoms in total. The lowest BCUT2D eigenvalue weighted by atomic mass is 9.82. The molecule has 8 aromatic rings. The van der Waals surface area contributed by atoms with Crippen molar-refractivity contribution in [2.45, 2.75) is 32.1 Å². The number of furan rings is 1. The highest BCUT2D eigenvalue weighted by molar-refractivity contribution is 6.23. The SMILES string of the molecule is CC1(C)c2ccccc2-c2ccc(N(C3=CC=C(c4cccc5c4oc4cc(-c6ccccc6)c6ccccc6c45)CC3)c3ccccc3)cc21. The first-order valence-corrected chi connectivity index (χ1v) is 18.0. The summed E-state index contributed by atoms with van der Waals surface area (Å²) in [5.74, 6) is 0. The Labute approximate surface area is 298 Å². The molecular weight excluding hydrogens is 619 g/mol. The lowest BCUT2D eigenvalue weighted by molar-refractivity contribution is 0.660. The summed E-state index contributed by atoms with van der Waals surface area (Å²) in [7, 11) is 0. The van der Waals surface area contributed by atoms with Gasteiger partial charge in [0, 0.05) is 38.8 Å². The van der Waals surface area contributed by atoms with E-state index in [4.69, 9.17) is 4.42 Å². The van der Waals surface area contributed by atoms with Gasteiger partial charge in [-0.3, -0.25) is 0 Å². The topological polar surface area (TPSA) is 16.4 Å². The summed E-state index contributed by atoms with van der Waals surface area (Å²) in [6, 6.07) is 54.9. The molecule has 0 spiro atoms. The molecule has 0 bridgehead atoms. The van der Waals surface area contributed by atoms with Gasteiger partial charge in [-0.1, -0.05) is 141 Å². The minimum atomic E-state index is -0.0588. The van der Waals surface area contributed by atoms with Crippen molar-refractivity contribution in [1.29, 1.82) is 0 Å². The smallest absolute Gasteiger partial charge is 0.142 e. The summed E-state index contributed by atoms with van der Waals surface area (Å²) >= 11 is 0. The van der Waals surface area contributed by atoms with Gasteiger partial charge in [-0.25, -0.2) is 0 Å². The van der Waals surface area contributed by atoms with Gasteiger partial charge in [0.2, 0.25) is 0 Å². The number of para-hydroxylation sites is 2. The van der Waals surface area contributed by atoms with Crippen molar-refractivity contribution in [2.75, 3.05) is 4.90 Å². The number of hydrogen-bond donors (Lipinski definition) is 0. The fraction of sp³-hybridized carbons (Fsp3) is 0.102. The average Bonchev–Trinajstić information content (AvgIpc) is 3.68. The summed E-state index contributed by atoms with van der Waals surface area (Å²) in [4.78, 5) is 2.45. The van der Waals surface area contributed by atoms with Crippen LogP contribution < -0.4 is 4.90 Å². The van der Waals surface area contributed by atoms with Crippen LogP contribution in [0.4, 0.5) is 11.4 Å². The maximum Gasteiger partial charge on any atom is 0.142 e. The number of anilines is 2. The van der Waals surface area contributed by atoms with Crippen LogP contribution in [0.15, 0.2) is 174 Å². The van der Waals surface area contributed by atoms with Gasteiger partial charge in [-0.2, -0.15) is 0 Å². The second kappa shape index (κ2) is 11.5. The molecule has 51 heavy (non-hydrogen) atoms. The standard InChI is InChI=1S/C49H37NO/c1-49(2)44-23-12-11-19-39(44)40-29-28-36(30-45(40)49)50(34-16-7-4-8-17-34)35-26-24-33(25-27-35)37-21-13-22-42-47-41-20-10-9-18-38(41)43(31-46(47)51-48(37)42)32-14-5-3-6-15-32/h3-24,26,28-31H,25,27H2,1-2H3. The number of hydrogen-bond acceptors (Lipinski definition) is 2. The van der Waals surface area contributed by atoms with Crippen molar-refractivity contribution in [3.05, 3.63) is 186 Å². The van der Waals surface area contributed by atoms with Crippen molar-refractivity contribution >= 4 is 49.7 Å². The summed E-state index contributed by atoms with van der Waals surface area (Å²) in [6.07, 6.45) is 6.48. The molecule has 0 saturated heterocycles. The van der Waals surface area contributed by atoms with Crippen LogP contribution in [-0.4, -0.2) is 0 Å². The highest BCUT2D eigenvalue weighted by Gasteiger charge is 2.36. The van der Waals surface area contributed by atoms with Crippen LogP contribution in [0.3, 0.4) is 0 Å². The van der Waals surface area contributed by atoms with Crippen molar-refractivity contribution in [2.24, 2.45) is 0 Å². The van der Waals surface area contributed by atoms with Gasteiger partial charge >= 0.3 is 0 Å². The zero-order chi connectivity index (χ0) is 34.1. The fourth-order valence-corrected chi connectivity index (χ4v) is 8.70. The minimum absolute atomic E-state index is 0.0588. The van der Waals surface area contributed by atoms with E-state index in [1.165, 1.54) is 83.1 Å². The van der Waals surface area contributed by atoms with E-state index in [2.05, 4.69) is 183 Å². The zero-order valence-corrected chi connectivity index (χ0v) is 28.9. The number of allylic oxidation sites excluding steroid dienone is 4. The normalized spacial score (nSPS) is 14.7. The van der Waals surface area contributed by atoms with E-state index in [1.807, 2.05) is 0 Å². The molecule has 1 aromatic heterocycles. The molecule has 2 heteroatoms. The Morgan fingerprint density at radius 3 is 2.00 bits per heavy atom. The number of nitrogens with zero attached hydrogens (tertiary/aromatic N) is 1. The van der Waals surface area contributed by atoms with E-state index < -0.39 is 0 Å². The molecule has 2 aliphatic rings. The maximum absolute atomic E-state index is 6.84. The van der Waals surface area contributed by atoms with E-state index in [9.17, 15) is 0 Å². The summed E-state index contributed by atoms with van der Waals surface area (Å²) < 4.78 is 6.84. The van der Waals surface area contributed by atoms with Crippen LogP contribution in [0.1, 0.15) is 43.4 Å². The molecule has 0 N–H and O–H groups in total. The van der Waals surface area contributed by atoms with Crippen molar-refractivity contribution < 1.29 is 4.42 Å². The summed E-state index contributed by atoms with van der Waals surface area (Å²) in [5, 5.41) is 4.82. The van der Waals surface area contributed by atoms with Crippen LogP contribution in [-0.2, 0) is 5.41 Å². The third-order valence-corrected chi connectivity index (χ3v) is 11.2. The minimum Gasteiger partial charge on any atom is -0.455 e. The van der Waals surface area contributed by atoms with Crippen LogP contribution in [0.25, 0.3) is 60.5 Å². The van der Waals surface area contributed by atoms with E-state index in [1.54, 1.807) is 0 Å². The molecule has 244 valence electrons. The van der Waals surface area contributed by atoms with Crippen molar-refractivity contribution in [3.63, 3.8) is 0 Å². The average molecular weight is 656 g/mol. The first-order valence-electron chi connectivity index (χ1n) is 18.0. The molecule has 0 saturated carbocycles. The summed E-state index contributed by atoms with van der Waals surface area (Å²) in [6.45, 7) is 4.71. The fourth-order valence-electron chi connectivity index (χ4n) is 8.70. The molecule has 0 fully saturated rings. The third kappa shape index (κ3) is 4.63. The van der Waals surface area contributed by atoms with E-state index in [0.717, 1.165) is 24.0 Å². The third-order valence-electron chi connectivity index (χ3n) is 11.2. The Kier molecular flexibility index (Phi) is 6.69. The van der Waals surface area contributed by atoms with E-state index in [0.29, 0.717) is 0 Å². The second-order valence-corrected chi connectivity index (χ2v) is 14.4. The predicted octanol–water partition coefficient (Wildman–Crippen LogP) is 13.6. The number of benzene rings is 7. The molecule has 1 heterocycles. The van der Waals surface area contributed by atoms with Gasteiger partial charge in [0.05, 0.1) is 0 Å². The lowest BCUT2D eigenvalue weighted by Gasteiger charge is -2.31. The zero-order valence-electron chi connectivity index (χ0n) is 28.9. The Morgan fingerprint density at radius 1 is 0.510 bits per heavy atom. The Hall–Kier alpha value is -6.12. The maximum atomic E-state index is 6.84. The molecular formula is C49H37NO.